The Morgan fingerprint density at radius 3 is 2.42 bits per heavy atom. The van der Waals surface area contributed by atoms with Gasteiger partial charge in [-0.05, 0) is 81.7 Å². The summed E-state index contributed by atoms with van der Waals surface area (Å²) in [5.74, 6) is 0.720. The highest BCUT2D eigenvalue weighted by Gasteiger charge is 2.41. The molecule has 0 aromatic heterocycles. The third kappa shape index (κ3) is 9.91. The van der Waals surface area contributed by atoms with E-state index < -0.39 is 12.1 Å². The Morgan fingerprint density at radius 1 is 1.18 bits per heavy atom. The molecule has 0 aromatic carbocycles. The normalized spacial score (nSPS) is 22.7. The average molecular weight is 561 g/mol. The Bertz CT molecular complexity index is 886. The number of carbonyl (C=O) groups excluding carboxylic acids is 2. The van der Waals surface area contributed by atoms with Crippen molar-refractivity contribution in [2.24, 2.45) is 21.7 Å². The van der Waals surface area contributed by atoms with E-state index >= 15 is 0 Å². The number of nitrogens with one attached hydrogen (secondary N) is 2. The second kappa shape index (κ2) is 15.0. The van der Waals surface area contributed by atoms with E-state index in [2.05, 4.69) is 44.4 Å². The number of alkyl carbamates (subject to hydrolysis) is 1. The molecule has 2 aliphatic heterocycles. The smallest absolute Gasteiger partial charge is 0.413 e. The minimum atomic E-state index is -0.633. The Balaban J connectivity index is 1.97. The van der Waals surface area contributed by atoms with Crippen molar-refractivity contribution in [3.63, 3.8) is 0 Å². The Morgan fingerprint density at radius 2 is 1.82 bits per heavy atom. The summed E-state index contributed by atoms with van der Waals surface area (Å²) in [5, 5.41) is 15.4. The maximum absolute atomic E-state index is 14.5. The number of aliphatic imine (C=N–C) groups is 1. The summed E-state index contributed by atoms with van der Waals surface area (Å²) >= 11 is 0. The number of nitriles is 1. The van der Waals surface area contributed by atoms with Gasteiger partial charge in [-0.3, -0.25) is 10.1 Å². The van der Waals surface area contributed by atoms with Crippen LogP contribution in [0.4, 0.5) is 4.79 Å². The number of nitrogens with zero attached hydrogens (tertiary/aromatic N) is 4. The SMILES string of the molecule is CCOC(=O)NC(=NC(CC1CC(C)(C)CC(C)(C)C1)C(=O)N(CCCC#N)C1CCNCC1)N1CCOCC1. The number of piperidine rings is 1. The largest absolute Gasteiger partial charge is 0.450 e. The summed E-state index contributed by atoms with van der Waals surface area (Å²) in [4.78, 5) is 36.1. The zero-order chi connectivity index (χ0) is 29.2. The summed E-state index contributed by atoms with van der Waals surface area (Å²) < 4.78 is 10.7. The molecule has 2 heterocycles. The Kier molecular flexibility index (Phi) is 12.1. The fraction of sp³-hybridized carbons (Fsp3) is 0.867. The first kappa shape index (κ1) is 32.1. The van der Waals surface area contributed by atoms with Crippen LogP contribution in [0.25, 0.3) is 0 Å². The zero-order valence-electron chi connectivity index (χ0n) is 25.5. The molecule has 3 fully saturated rings. The van der Waals surface area contributed by atoms with Crippen LogP contribution in [0.2, 0.25) is 0 Å². The highest BCUT2D eigenvalue weighted by atomic mass is 16.5. The van der Waals surface area contributed by atoms with Crippen molar-refractivity contribution in [3.8, 4) is 6.07 Å². The number of amides is 2. The monoisotopic (exact) mass is 560 g/mol. The van der Waals surface area contributed by atoms with E-state index in [9.17, 15) is 14.9 Å². The van der Waals surface area contributed by atoms with Crippen molar-refractivity contribution in [1.29, 1.82) is 5.26 Å². The molecule has 2 N–H and O–H groups in total. The molecule has 3 aliphatic rings. The first-order valence-electron chi connectivity index (χ1n) is 15.3. The fourth-order valence-electron chi connectivity index (χ4n) is 7.25. The van der Waals surface area contributed by atoms with Crippen LogP contribution >= 0.6 is 0 Å². The van der Waals surface area contributed by atoms with Gasteiger partial charge in [-0.1, -0.05) is 27.7 Å². The molecule has 226 valence electrons. The number of rotatable bonds is 9. The minimum absolute atomic E-state index is 0.00226. The van der Waals surface area contributed by atoms with Gasteiger partial charge in [-0.25, -0.2) is 9.79 Å². The van der Waals surface area contributed by atoms with Gasteiger partial charge in [0.25, 0.3) is 0 Å². The van der Waals surface area contributed by atoms with Gasteiger partial charge in [0, 0.05) is 32.1 Å². The van der Waals surface area contributed by atoms with Crippen LogP contribution < -0.4 is 10.6 Å². The lowest BCUT2D eigenvalue weighted by molar-refractivity contribution is -0.136. The summed E-state index contributed by atoms with van der Waals surface area (Å²) in [5.41, 5.74) is 0.364. The predicted octanol–water partition coefficient (Wildman–Crippen LogP) is 3.92. The molecule has 0 radical (unpaired) electrons. The first-order valence-corrected chi connectivity index (χ1v) is 15.3. The molecule has 0 aromatic rings. The molecule has 1 aliphatic carbocycles. The number of carbonyl (C=O) groups is 2. The van der Waals surface area contributed by atoms with Crippen LogP contribution in [0.1, 0.15) is 86.0 Å². The standard InChI is InChI=1S/C30H52N6O4/c1-6-40-28(38)34-27(35-15-17-39-18-16-35)33-25(19-23-20-29(2,3)22-30(4,5)21-23)26(37)36(14-8-7-11-31)24-9-12-32-13-10-24/h23-25,32H,6-10,12-22H2,1-5H3,(H,33,34,38). The van der Waals surface area contributed by atoms with Crippen LogP contribution in [-0.2, 0) is 14.3 Å². The maximum atomic E-state index is 14.5. The highest BCUT2D eigenvalue weighted by molar-refractivity contribution is 5.96. The average Bonchev–Trinajstić information content (AvgIpc) is 2.89. The second-order valence-electron chi connectivity index (χ2n) is 13.2. The molecule has 10 heteroatoms. The number of hydrogen-bond acceptors (Lipinski definition) is 7. The molecule has 1 unspecified atom stereocenters. The van der Waals surface area contributed by atoms with Crippen molar-refractivity contribution < 1.29 is 19.1 Å². The molecule has 0 bridgehead atoms. The zero-order valence-corrected chi connectivity index (χ0v) is 25.5. The van der Waals surface area contributed by atoms with Gasteiger partial charge in [0.15, 0.2) is 0 Å². The Hall–Kier alpha value is -2.38. The van der Waals surface area contributed by atoms with Crippen molar-refractivity contribution >= 4 is 18.0 Å². The molecular formula is C30H52N6O4. The van der Waals surface area contributed by atoms with Crippen molar-refractivity contribution in [2.75, 3.05) is 52.5 Å². The summed E-state index contributed by atoms with van der Waals surface area (Å²) in [7, 11) is 0. The van der Waals surface area contributed by atoms with Gasteiger partial charge >= 0.3 is 6.09 Å². The molecule has 1 saturated carbocycles. The van der Waals surface area contributed by atoms with Gasteiger partial charge < -0.3 is 24.6 Å². The van der Waals surface area contributed by atoms with E-state index in [-0.39, 0.29) is 29.4 Å². The molecular weight excluding hydrogens is 508 g/mol. The summed E-state index contributed by atoms with van der Waals surface area (Å²) in [6.45, 7) is 15.8. The predicted molar refractivity (Wildman–Crippen MR) is 156 cm³/mol. The number of hydrogen-bond donors (Lipinski definition) is 2. The van der Waals surface area contributed by atoms with Crippen molar-refractivity contribution in [3.05, 3.63) is 0 Å². The van der Waals surface area contributed by atoms with E-state index in [1.165, 1.54) is 0 Å². The van der Waals surface area contributed by atoms with Crippen LogP contribution in [-0.4, -0.2) is 92.4 Å². The topological polar surface area (TPSA) is 119 Å². The lowest BCUT2D eigenvalue weighted by Gasteiger charge is -2.46. The van der Waals surface area contributed by atoms with Gasteiger partial charge in [0.2, 0.25) is 11.9 Å². The lowest BCUT2D eigenvalue weighted by Crippen LogP contribution is -2.53. The molecule has 0 spiro atoms. The second-order valence-corrected chi connectivity index (χ2v) is 13.2. The van der Waals surface area contributed by atoms with E-state index in [1.807, 2.05) is 9.80 Å². The van der Waals surface area contributed by atoms with Gasteiger partial charge in [0.05, 0.1) is 25.9 Å². The van der Waals surface area contributed by atoms with E-state index in [4.69, 9.17) is 14.5 Å². The third-order valence-electron chi connectivity index (χ3n) is 8.28. The van der Waals surface area contributed by atoms with Crippen LogP contribution in [0.3, 0.4) is 0 Å². The minimum Gasteiger partial charge on any atom is -0.450 e. The van der Waals surface area contributed by atoms with Crippen molar-refractivity contribution in [1.82, 2.24) is 20.4 Å². The molecule has 3 rings (SSSR count). The van der Waals surface area contributed by atoms with Crippen LogP contribution in [0, 0.1) is 28.1 Å². The molecule has 10 nitrogen and oxygen atoms in total. The number of guanidine groups is 1. The van der Waals surface area contributed by atoms with Gasteiger partial charge in [-0.2, -0.15) is 5.26 Å². The fourth-order valence-corrected chi connectivity index (χ4v) is 7.25. The lowest BCUT2D eigenvalue weighted by atomic mass is 9.60. The third-order valence-corrected chi connectivity index (χ3v) is 8.28. The summed E-state index contributed by atoms with van der Waals surface area (Å²) in [6.07, 6.45) is 6.11. The van der Waals surface area contributed by atoms with Crippen molar-refractivity contribution in [2.45, 2.75) is 98.1 Å². The molecule has 1 atom stereocenters. The van der Waals surface area contributed by atoms with E-state index in [1.54, 1.807) is 6.92 Å². The number of morpholine rings is 1. The van der Waals surface area contributed by atoms with E-state index in [0.717, 1.165) is 45.2 Å². The quantitative estimate of drug-likeness (QED) is 0.249. The first-order chi connectivity index (χ1) is 19.0. The molecule has 40 heavy (non-hydrogen) atoms. The number of ether oxygens (including phenoxy) is 2. The van der Waals surface area contributed by atoms with Gasteiger partial charge in [0.1, 0.15) is 6.04 Å². The van der Waals surface area contributed by atoms with Gasteiger partial charge in [-0.15, -0.1) is 0 Å². The maximum Gasteiger partial charge on any atom is 0.413 e. The Labute approximate surface area is 241 Å². The van der Waals surface area contributed by atoms with Crippen LogP contribution in [0.15, 0.2) is 4.99 Å². The molecule has 2 saturated heterocycles. The summed E-state index contributed by atoms with van der Waals surface area (Å²) in [6, 6.07) is 1.72. The molecule has 2 amide bonds. The number of unbranched alkanes of at least 4 members (excludes halogenated alkanes) is 1. The van der Waals surface area contributed by atoms with E-state index in [0.29, 0.717) is 64.0 Å². The highest BCUT2D eigenvalue weighted by Crippen LogP contribution is 2.49. The van der Waals surface area contributed by atoms with Crippen LogP contribution in [0.5, 0.6) is 0 Å².